The summed E-state index contributed by atoms with van der Waals surface area (Å²) in [5, 5.41) is 1.07. The first-order valence-corrected chi connectivity index (χ1v) is 11.7. The van der Waals surface area contributed by atoms with Gasteiger partial charge in [-0.1, -0.05) is 34.8 Å². The van der Waals surface area contributed by atoms with Crippen LogP contribution in [0.25, 0.3) is 0 Å². The zero-order chi connectivity index (χ0) is 22.7. The smallest absolute Gasteiger partial charge is 0.358 e. The fourth-order valence-electron chi connectivity index (χ4n) is 2.53. The van der Waals surface area contributed by atoms with E-state index in [1.165, 1.54) is 26.0 Å². The molecule has 12 heteroatoms. The van der Waals surface area contributed by atoms with Gasteiger partial charge in [-0.25, -0.2) is 29.5 Å². The van der Waals surface area contributed by atoms with E-state index in [0.29, 0.717) is 28.5 Å². The van der Waals surface area contributed by atoms with Crippen molar-refractivity contribution in [3.8, 4) is 0 Å². The van der Waals surface area contributed by atoms with Crippen molar-refractivity contribution in [2.24, 2.45) is 0 Å². The molecule has 0 unspecified atom stereocenters. The van der Waals surface area contributed by atoms with Crippen LogP contribution in [-0.2, 0) is 9.47 Å². The number of thioether (sulfide) groups is 1. The Morgan fingerprint density at radius 1 is 0.806 bits per heavy atom. The van der Waals surface area contributed by atoms with Gasteiger partial charge < -0.3 is 9.47 Å². The quantitative estimate of drug-likeness (QED) is 0.316. The number of hydrogen-bond acceptors (Lipinski definition) is 9. The highest BCUT2D eigenvalue weighted by Crippen LogP contribution is 2.40. The third kappa shape index (κ3) is 5.77. The van der Waals surface area contributed by atoms with Crippen LogP contribution in [0.5, 0.6) is 0 Å². The van der Waals surface area contributed by atoms with Crippen LogP contribution < -0.4 is 0 Å². The van der Waals surface area contributed by atoms with Crippen molar-refractivity contribution in [2.75, 3.05) is 20.5 Å². The molecule has 2 aliphatic carbocycles. The van der Waals surface area contributed by atoms with Crippen molar-refractivity contribution in [3.05, 3.63) is 38.2 Å². The lowest BCUT2D eigenvalue weighted by molar-refractivity contribution is 0.0584. The molecule has 0 aromatic carbocycles. The SMILES string of the molecule is COC(=O)c1nc(C2CC2)nc(Cl)c1Cl.COC(=O)c1nc(C2CC2)nc(SC)c1Cl. The normalized spacial score (nSPS) is 15.0. The molecule has 0 saturated heterocycles. The van der Waals surface area contributed by atoms with Gasteiger partial charge in [0.2, 0.25) is 0 Å². The van der Waals surface area contributed by atoms with Crippen LogP contribution in [0.3, 0.4) is 0 Å². The number of nitrogens with zero attached hydrogens (tertiary/aromatic N) is 4. The van der Waals surface area contributed by atoms with Gasteiger partial charge in [0, 0.05) is 11.8 Å². The van der Waals surface area contributed by atoms with E-state index in [9.17, 15) is 9.59 Å². The summed E-state index contributed by atoms with van der Waals surface area (Å²) in [6.07, 6.45) is 6.08. The summed E-state index contributed by atoms with van der Waals surface area (Å²) in [5.41, 5.74) is 0.214. The first-order valence-electron chi connectivity index (χ1n) is 9.31. The first kappa shape index (κ1) is 24.0. The lowest BCUT2D eigenvalue weighted by Crippen LogP contribution is -2.09. The summed E-state index contributed by atoms with van der Waals surface area (Å²) in [6, 6.07) is 0. The Bertz CT molecular complexity index is 1020. The molecule has 2 aliphatic rings. The molecular formula is C19H19Cl3N4O4S. The van der Waals surface area contributed by atoms with Gasteiger partial charge in [0.15, 0.2) is 16.5 Å². The van der Waals surface area contributed by atoms with Crippen LogP contribution in [0.1, 0.15) is 70.1 Å². The summed E-state index contributed by atoms with van der Waals surface area (Å²) in [5.74, 6) is 0.865. The maximum atomic E-state index is 11.5. The molecule has 0 atom stereocenters. The number of rotatable bonds is 5. The Morgan fingerprint density at radius 2 is 1.26 bits per heavy atom. The molecule has 0 N–H and O–H groups in total. The van der Waals surface area contributed by atoms with E-state index in [1.54, 1.807) is 0 Å². The molecule has 0 radical (unpaired) electrons. The summed E-state index contributed by atoms with van der Waals surface area (Å²) >= 11 is 19.0. The van der Waals surface area contributed by atoms with Crippen molar-refractivity contribution in [1.29, 1.82) is 0 Å². The molecule has 2 aromatic rings. The van der Waals surface area contributed by atoms with Gasteiger partial charge in [0.1, 0.15) is 26.7 Å². The Morgan fingerprint density at radius 3 is 1.68 bits per heavy atom. The Hall–Kier alpha value is -1.68. The summed E-state index contributed by atoms with van der Waals surface area (Å²) in [4.78, 5) is 39.4. The van der Waals surface area contributed by atoms with Gasteiger partial charge in [-0.3, -0.25) is 0 Å². The molecule has 166 valence electrons. The largest absolute Gasteiger partial charge is 0.464 e. The predicted octanol–water partition coefficient (Wildman–Crippen LogP) is 4.96. The number of methoxy groups -OCH3 is 2. The van der Waals surface area contributed by atoms with Gasteiger partial charge >= 0.3 is 11.9 Å². The van der Waals surface area contributed by atoms with Crippen LogP contribution in [0.4, 0.5) is 0 Å². The number of ether oxygens (including phenoxy) is 2. The molecule has 0 amide bonds. The second-order valence-corrected chi connectivity index (χ2v) is 8.73. The number of esters is 2. The van der Waals surface area contributed by atoms with E-state index in [0.717, 1.165) is 25.7 Å². The topological polar surface area (TPSA) is 104 Å². The van der Waals surface area contributed by atoms with Crippen LogP contribution >= 0.6 is 46.6 Å². The third-order valence-corrected chi connectivity index (χ3v) is 6.38. The second kappa shape index (κ2) is 10.3. The van der Waals surface area contributed by atoms with E-state index in [-0.39, 0.29) is 26.6 Å². The molecule has 2 aromatic heterocycles. The summed E-state index contributed by atoms with van der Waals surface area (Å²) in [7, 11) is 2.59. The van der Waals surface area contributed by atoms with E-state index in [1.807, 2.05) is 6.26 Å². The number of aromatic nitrogens is 4. The van der Waals surface area contributed by atoms with Crippen LogP contribution in [0.2, 0.25) is 15.2 Å². The van der Waals surface area contributed by atoms with E-state index in [4.69, 9.17) is 34.8 Å². The molecule has 2 saturated carbocycles. The fourth-order valence-corrected chi connectivity index (χ4v) is 3.72. The van der Waals surface area contributed by atoms with Crippen LogP contribution in [0, 0.1) is 0 Å². The highest BCUT2D eigenvalue weighted by molar-refractivity contribution is 7.98. The lowest BCUT2D eigenvalue weighted by atomic mass is 10.3. The molecule has 2 fully saturated rings. The molecule has 2 heterocycles. The van der Waals surface area contributed by atoms with Crippen molar-refractivity contribution in [1.82, 2.24) is 19.9 Å². The Labute approximate surface area is 198 Å². The summed E-state index contributed by atoms with van der Waals surface area (Å²) < 4.78 is 9.20. The van der Waals surface area contributed by atoms with Crippen molar-refractivity contribution in [3.63, 3.8) is 0 Å². The molecule has 4 rings (SSSR count). The molecular weight excluding hydrogens is 487 g/mol. The molecule has 8 nitrogen and oxygen atoms in total. The Kier molecular flexibility index (Phi) is 7.96. The molecule has 0 aliphatic heterocycles. The van der Waals surface area contributed by atoms with Crippen LogP contribution in [0.15, 0.2) is 5.03 Å². The number of hydrogen-bond donors (Lipinski definition) is 0. The lowest BCUT2D eigenvalue weighted by Gasteiger charge is -2.07. The zero-order valence-electron chi connectivity index (χ0n) is 16.9. The maximum Gasteiger partial charge on any atom is 0.358 e. The highest BCUT2D eigenvalue weighted by Gasteiger charge is 2.30. The van der Waals surface area contributed by atoms with Gasteiger partial charge in [-0.05, 0) is 31.9 Å². The first-order chi connectivity index (χ1) is 14.8. The molecule has 0 spiro atoms. The zero-order valence-corrected chi connectivity index (χ0v) is 20.0. The minimum Gasteiger partial charge on any atom is -0.464 e. The number of carbonyl (C=O) groups is 2. The molecule has 31 heavy (non-hydrogen) atoms. The Balaban J connectivity index is 0.000000176. The predicted molar refractivity (Wildman–Crippen MR) is 118 cm³/mol. The average molecular weight is 506 g/mol. The van der Waals surface area contributed by atoms with Gasteiger partial charge in [-0.15, -0.1) is 11.8 Å². The maximum absolute atomic E-state index is 11.5. The van der Waals surface area contributed by atoms with Crippen LogP contribution in [-0.4, -0.2) is 52.3 Å². The fraction of sp³-hybridized carbons (Fsp3) is 0.474. The second-order valence-electron chi connectivity index (χ2n) is 6.82. The van der Waals surface area contributed by atoms with E-state index in [2.05, 4.69) is 29.4 Å². The third-order valence-electron chi connectivity index (χ3n) is 4.50. The van der Waals surface area contributed by atoms with Gasteiger partial charge in [0.05, 0.1) is 14.2 Å². The van der Waals surface area contributed by atoms with Gasteiger partial charge in [0.25, 0.3) is 0 Å². The standard InChI is InChI=1S/C10H11ClN2O2S.C9H8Cl2N2O2/c1-15-10(14)7-6(11)9(16-2)13-8(12-7)5-3-4-5;1-15-9(14)6-5(10)7(11)13-8(12-6)4-2-3-4/h5H,3-4H2,1-2H3;4H,2-3H2,1H3. The van der Waals surface area contributed by atoms with Crippen molar-refractivity contribution >= 4 is 58.5 Å². The monoisotopic (exact) mass is 504 g/mol. The van der Waals surface area contributed by atoms with Crippen molar-refractivity contribution in [2.45, 2.75) is 42.5 Å². The molecule has 0 bridgehead atoms. The van der Waals surface area contributed by atoms with Gasteiger partial charge in [-0.2, -0.15) is 0 Å². The number of halogens is 3. The minimum absolute atomic E-state index is 0.0427. The van der Waals surface area contributed by atoms with E-state index < -0.39 is 11.9 Å². The van der Waals surface area contributed by atoms with E-state index >= 15 is 0 Å². The highest BCUT2D eigenvalue weighted by atomic mass is 35.5. The minimum atomic E-state index is -0.591. The number of carbonyl (C=O) groups excluding carboxylic acids is 2. The average Bonchev–Trinajstić information content (AvgIpc) is 3.67. The summed E-state index contributed by atoms with van der Waals surface area (Å²) in [6.45, 7) is 0. The van der Waals surface area contributed by atoms with Crippen molar-refractivity contribution < 1.29 is 19.1 Å².